The zero-order chi connectivity index (χ0) is 8.15. The van der Waals surface area contributed by atoms with Crippen molar-refractivity contribution >= 4 is 63.7 Å². The summed E-state index contributed by atoms with van der Waals surface area (Å²) in [6, 6.07) is 0. The molecule has 0 aliphatic rings. The van der Waals surface area contributed by atoms with E-state index in [9.17, 15) is 0 Å². The smallest absolute Gasteiger partial charge is 0.0393 e. The third-order valence-electron chi connectivity index (χ3n) is 1.17. The molecule has 4 heteroatoms. The molecule has 0 aromatic heterocycles. The van der Waals surface area contributed by atoms with Gasteiger partial charge in [-0.1, -0.05) is 70.6 Å². The van der Waals surface area contributed by atoms with Crippen LogP contribution >= 0.6 is 63.7 Å². The van der Waals surface area contributed by atoms with Gasteiger partial charge in [0.25, 0.3) is 0 Å². The van der Waals surface area contributed by atoms with Crippen LogP contribution in [0, 0.1) is 0 Å². The molecular weight excluding hydrogens is 392 g/mol. The molecule has 3 unspecified atom stereocenters. The van der Waals surface area contributed by atoms with Crippen LogP contribution in [-0.2, 0) is 0 Å². The minimum atomic E-state index is 0.505. The number of rotatable bonds is 4. The van der Waals surface area contributed by atoms with E-state index in [2.05, 4.69) is 70.6 Å². The van der Waals surface area contributed by atoms with E-state index in [1.54, 1.807) is 0 Å². The lowest BCUT2D eigenvalue weighted by Gasteiger charge is -2.17. The first-order valence-corrected chi connectivity index (χ1v) is 6.94. The average Bonchev–Trinajstić information content (AvgIpc) is 1.87. The Morgan fingerprint density at radius 1 is 1.20 bits per heavy atom. The minimum absolute atomic E-state index is 0.505. The summed E-state index contributed by atoms with van der Waals surface area (Å²) in [6.45, 7) is 2.14. The van der Waals surface area contributed by atoms with Crippen molar-refractivity contribution in [3.63, 3.8) is 0 Å². The Bertz CT molecular complexity index is 83.8. The molecule has 0 heterocycles. The molecule has 0 rings (SSSR count). The number of alkyl halides is 4. The lowest BCUT2D eigenvalue weighted by molar-refractivity contribution is 0.783. The summed E-state index contributed by atoms with van der Waals surface area (Å²) < 4.78 is 0. The van der Waals surface area contributed by atoms with Gasteiger partial charge in [-0.05, 0) is 6.42 Å². The normalized spacial score (nSPS) is 20.1. The molecule has 0 amide bonds. The summed E-state index contributed by atoms with van der Waals surface area (Å²) in [4.78, 5) is 1.56. The maximum absolute atomic E-state index is 3.60. The molecule has 0 spiro atoms. The van der Waals surface area contributed by atoms with E-state index in [0.717, 1.165) is 11.8 Å². The van der Waals surface area contributed by atoms with Gasteiger partial charge in [-0.3, -0.25) is 0 Å². The van der Waals surface area contributed by atoms with Crippen molar-refractivity contribution in [1.29, 1.82) is 0 Å². The second kappa shape index (κ2) is 6.44. The SMILES string of the molecule is CC(Br)C(Br)C(Br)CCBr. The van der Waals surface area contributed by atoms with Crippen molar-refractivity contribution in [2.75, 3.05) is 5.33 Å². The number of hydrogen-bond donors (Lipinski definition) is 0. The number of halogens is 4. The van der Waals surface area contributed by atoms with Gasteiger partial charge in [0.05, 0.1) is 0 Å². The first-order chi connectivity index (χ1) is 4.59. The van der Waals surface area contributed by atoms with Gasteiger partial charge in [-0.2, -0.15) is 0 Å². The van der Waals surface area contributed by atoms with E-state index >= 15 is 0 Å². The highest BCUT2D eigenvalue weighted by Gasteiger charge is 2.19. The van der Waals surface area contributed by atoms with Crippen LogP contribution in [0.3, 0.4) is 0 Å². The van der Waals surface area contributed by atoms with Crippen LogP contribution in [-0.4, -0.2) is 19.8 Å². The predicted molar refractivity (Wildman–Crippen MR) is 62.2 cm³/mol. The molecular formula is C6H10Br4. The molecule has 0 aliphatic carbocycles. The van der Waals surface area contributed by atoms with Gasteiger partial charge in [-0.25, -0.2) is 0 Å². The second-order valence-electron chi connectivity index (χ2n) is 2.12. The van der Waals surface area contributed by atoms with Crippen LogP contribution in [0.2, 0.25) is 0 Å². The maximum atomic E-state index is 3.60. The summed E-state index contributed by atoms with van der Waals surface area (Å²) in [5.74, 6) is 0. The molecule has 0 aromatic carbocycles. The molecule has 10 heavy (non-hydrogen) atoms. The zero-order valence-corrected chi connectivity index (χ0v) is 12.0. The molecule has 0 saturated carbocycles. The zero-order valence-electron chi connectivity index (χ0n) is 5.66. The van der Waals surface area contributed by atoms with Gasteiger partial charge in [-0.15, -0.1) is 0 Å². The third-order valence-corrected chi connectivity index (χ3v) is 6.07. The Kier molecular flexibility index (Phi) is 7.67. The van der Waals surface area contributed by atoms with Gasteiger partial charge in [0.15, 0.2) is 0 Å². The molecule has 0 aliphatic heterocycles. The predicted octanol–water partition coefficient (Wildman–Crippen LogP) is 4.08. The summed E-state index contributed by atoms with van der Waals surface area (Å²) >= 11 is 14.1. The third kappa shape index (κ3) is 4.73. The van der Waals surface area contributed by atoms with Crippen molar-refractivity contribution in [3.8, 4) is 0 Å². The van der Waals surface area contributed by atoms with Crippen molar-refractivity contribution < 1.29 is 0 Å². The first-order valence-electron chi connectivity index (χ1n) is 3.07. The lowest BCUT2D eigenvalue weighted by Crippen LogP contribution is -2.22. The van der Waals surface area contributed by atoms with E-state index < -0.39 is 0 Å². The lowest BCUT2D eigenvalue weighted by atomic mass is 10.2. The molecule has 0 saturated heterocycles. The maximum Gasteiger partial charge on any atom is 0.0393 e. The molecule has 0 bridgehead atoms. The first kappa shape index (κ1) is 11.9. The van der Waals surface area contributed by atoms with Gasteiger partial charge in [0.1, 0.15) is 0 Å². The molecule has 62 valence electrons. The standard InChI is InChI=1S/C6H10Br4/c1-4(8)6(10)5(9)2-3-7/h4-6H,2-3H2,1H3. The fourth-order valence-corrected chi connectivity index (χ4v) is 3.39. The average molecular weight is 402 g/mol. The van der Waals surface area contributed by atoms with Crippen molar-refractivity contribution in [1.82, 2.24) is 0 Å². The van der Waals surface area contributed by atoms with Gasteiger partial charge >= 0.3 is 0 Å². The fourth-order valence-electron chi connectivity index (χ4n) is 0.551. The monoisotopic (exact) mass is 398 g/mol. The highest BCUT2D eigenvalue weighted by molar-refractivity contribution is 9.13. The summed E-state index contributed by atoms with van der Waals surface area (Å²) in [7, 11) is 0. The Balaban J connectivity index is 3.58. The van der Waals surface area contributed by atoms with Crippen molar-refractivity contribution in [3.05, 3.63) is 0 Å². The summed E-state index contributed by atoms with van der Waals surface area (Å²) in [6.07, 6.45) is 1.14. The molecule has 0 N–H and O–H groups in total. The van der Waals surface area contributed by atoms with Gasteiger partial charge in [0, 0.05) is 19.8 Å². The van der Waals surface area contributed by atoms with Gasteiger partial charge < -0.3 is 0 Å². The molecule has 0 nitrogen and oxygen atoms in total. The van der Waals surface area contributed by atoms with Crippen molar-refractivity contribution in [2.24, 2.45) is 0 Å². The number of hydrogen-bond acceptors (Lipinski definition) is 0. The quantitative estimate of drug-likeness (QED) is 0.623. The van der Waals surface area contributed by atoms with E-state index in [1.807, 2.05) is 0 Å². The van der Waals surface area contributed by atoms with Crippen LogP contribution in [0.1, 0.15) is 13.3 Å². The molecule has 0 radical (unpaired) electrons. The summed E-state index contributed by atoms with van der Waals surface area (Å²) in [5.41, 5.74) is 0. The van der Waals surface area contributed by atoms with Crippen LogP contribution in [0.5, 0.6) is 0 Å². The van der Waals surface area contributed by atoms with E-state index in [4.69, 9.17) is 0 Å². The Morgan fingerprint density at radius 2 is 1.70 bits per heavy atom. The highest BCUT2D eigenvalue weighted by Crippen LogP contribution is 2.25. The Morgan fingerprint density at radius 3 is 2.00 bits per heavy atom. The Hall–Kier alpha value is 1.92. The molecule has 0 fully saturated rings. The van der Waals surface area contributed by atoms with Crippen LogP contribution < -0.4 is 0 Å². The highest BCUT2D eigenvalue weighted by atomic mass is 79.9. The van der Waals surface area contributed by atoms with E-state index in [0.29, 0.717) is 14.5 Å². The molecule has 3 atom stereocenters. The topological polar surface area (TPSA) is 0 Å². The van der Waals surface area contributed by atoms with Crippen LogP contribution in [0.25, 0.3) is 0 Å². The molecule has 0 aromatic rings. The Labute approximate surface area is 96.0 Å². The second-order valence-corrected chi connectivity index (χ2v) is 6.59. The largest absolute Gasteiger partial charge is 0.0928 e. The van der Waals surface area contributed by atoms with E-state index in [-0.39, 0.29) is 0 Å². The van der Waals surface area contributed by atoms with Crippen LogP contribution in [0.4, 0.5) is 0 Å². The van der Waals surface area contributed by atoms with Gasteiger partial charge in [0.2, 0.25) is 0 Å². The minimum Gasteiger partial charge on any atom is -0.0928 e. The fraction of sp³-hybridized carbons (Fsp3) is 1.00. The van der Waals surface area contributed by atoms with Crippen molar-refractivity contribution in [2.45, 2.75) is 27.8 Å². The summed E-state index contributed by atoms with van der Waals surface area (Å²) in [5, 5.41) is 1.05. The van der Waals surface area contributed by atoms with E-state index in [1.165, 1.54) is 0 Å². The van der Waals surface area contributed by atoms with Crippen LogP contribution in [0.15, 0.2) is 0 Å².